The number of ether oxygens (including phenoxy) is 1. The fourth-order valence-corrected chi connectivity index (χ4v) is 5.68. The van der Waals surface area contributed by atoms with Crippen LogP contribution in [-0.2, 0) is 5.41 Å². The topological polar surface area (TPSA) is 9.23 Å². The van der Waals surface area contributed by atoms with Crippen LogP contribution >= 0.6 is 0 Å². The van der Waals surface area contributed by atoms with Crippen LogP contribution in [0.4, 0.5) is 0 Å². The summed E-state index contributed by atoms with van der Waals surface area (Å²) in [6.07, 6.45) is 8.77. The first kappa shape index (κ1) is 11.9. The average Bonchev–Trinajstić information content (AvgIpc) is 2.37. The molecule has 0 N–H and O–H groups in total. The summed E-state index contributed by atoms with van der Waals surface area (Å²) in [4.78, 5) is 0. The van der Waals surface area contributed by atoms with Gasteiger partial charge in [0, 0.05) is 0 Å². The van der Waals surface area contributed by atoms with Crippen LogP contribution in [0.2, 0.25) is 0 Å². The van der Waals surface area contributed by atoms with Crippen molar-refractivity contribution in [2.45, 2.75) is 43.9 Å². The molecule has 1 aromatic carbocycles. The molecule has 100 valence electrons. The molecule has 0 aliphatic heterocycles. The Morgan fingerprint density at radius 1 is 1.05 bits per heavy atom. The van der Waals surface area contributed by atoms with Gasteiger partial charge < -0.3 is 4.74 Å². The van der Waals surface area contributed by atoms with Crippen molar-refractivity contribution in [3.8, 4) is 5.75 Å². The second-order valence-corrected chi connectivity index (χ2v) is 7.40. The van der Waals surface area contributed by atoms with Crippen LogP contribution in [0.3, 0.4) is 0 Å². The van der Waals surface area contributed by atoms with Crippen LogP contribution in [0, 0.1) is 17.8 Å². The summed E-state index contributed by atoms with van der Waals surface area (Å²) >= 11 is 0. The Morgan fingerprint density at radius 3 is 2.16 bits per heavy atom. The third kappa shape index (κ3) is 1.75. The smallest absolute Gasteiger partial charge is 0.139 e. The van der Waals surface area contributed by atoms with Crippen molar-refractivity contribution in [2.75, 3.05) is 7.11 Å². The molecule has 0 spiro atoms. The van der Waals surface area contributed by atoms with E-state index in [1.807, 2.05) is 7.11 Å². The molecule has 0 radical (unpaired) electrons. The standard InChI is InChI=1S/C17H23BO/c1-19-16-3-2-14(18)7-15(16)17-8-11-4-12(9-17)6-13(5-11)10-17/h2-3,7,11-13H,4-6,8-10,18H2,1H3. The van der Waals surface area contributed by atoms with Crippen molar-refractivity contribution in [3.05, 3.63) is 23.8 Å². The summed E-state index contributed by atoms with van der Waals surface area (Å²) in [5.41, 5.74) is 3.35. The summed E-state index contributed by atoms with van der Waals surface area (Å²) in [7, 11) is 4.04. The van der Waals surface area contributed by atoms with Crippen molar-refractivity contribution in [2.24, 2.45) is 17.8 Å². The number of hydrogen-bond donors (Lipinski definition) is 0. The van der Waals surface area contributed by atoms with E-state index in [1.165, 1.54) is 49.6 Å². The van der Waals surface area contributed by atoms with Crippen molar-refractivity contribution >= 4 is 13.3 Å². The lowest BCUT2D eigenvalue weighted by molar-refractivity contribution is -0.00611. The molecule has 1 nitrogen and oxygen atoms in total. The Bertz CT molecular complexity index is 473. The van der Waals surface area contributed by atoms with Gasteiger partial charge in [0.25, 0.3) is 0 Å². The highest BCUT2D eigenvalue weighted by Gasteiger charge is 2.52. The maximum atomic E-state index is 5.69. The van der Waals surface area contributed by atoms with E-state index < -0.39 is 0 Å². The first-order valence-electron chi connectivity index (χ1n) is 7.84. The summed E-state index contributed by atoms with van der Waals surface area (Å²) in [5.74, 6) is 4.12. The number of methoxy groups -OCH3 is 1. The third-order valence-electron chi connectivity index (χ3n) is 5.96. The van der Waals surface area contributed by atoms with Crippen LogP contribution < -0.4 is 10.2 Å². The minimum Gasteiger partial charge on any atom is -0.496 e. The maximum absolute atomic E-state index is 5.69. The lowest BCUT2D eigenvalue weighted by atomic mass is 9.48. The van der Waals surface area contributed by atoms with E-state index in [0.29, 0.717) is 5.41 Å². The molecule has 19 heavy (non-hydrogen) atoms. The van der Waals surface area contributed by atoms with Gasteiger partial charge in [-0.15, -0.1) is 0 Å². The summed E-state index contributed by atoms with van der Waals surface area (Å²) in [6.45, 7) is 0. The van der Waals surface area contributed by atoms with E-state index in [0.717, 1.165) is 23.5 Å². The number of rotatable bonds is 2. The monoisotopic (exact) mass is 254 g/mol. The van der Waals surface area contributed by atoms with Crippen molar-refractivity contribution in [1.82, 2.24) is 0 Å². The molecule has 0 aromatic heterocycles. The molecule has 0 heterocycles. The Hall–Kier alpha value is -0.915. The molecule has 0 saturated heterocycles. The highest BCUT2D eigenvalue weighted by molar-refractivity contribution is 6.32. The van der Waals surface area contributed by atoms with Crippen LogP contribution in [0.15, 0.2) is 18.2 Å². The summed E-state index contributed by atoms with van der Waals surface area (Å²) in [5, 5.41) is 0. The molecule has 4 saturated carbocycles. The molecular weight excluding hydrogens is 231 g/mol. The Morgan fingerprint density at radius 2 is 1.63 bits per heavy atom. The molecule has 0 unspecified atom stereocenters. The minimum absolute atomic E-state index is 0.451. The van der Waals surface area contributed by atoms with E-state index in [9.17, 15) is 0 Å². The Kier molecular flexibility index (Phi) is 2.52. The van der Waals surface area contributed by atoms with Crippen LogP contribution in [0.5, 0.6) is 5.75 Å². The van der Waals surface area contributed by atoms with Crippen LogP contribution in [-0.4, -0.2) is 15.0 Å². The zero-order valence-electron chi connectivity index (χ0n) is 12.1. The van der Waals surface area contributed by atoms with E-state index in [-0.39, 0.29) is 0 Å². The van der Waals surface area contributed by atoms with Crippen molar-refractivity contribution < 1.29 is 4.74 Å². The Balaban J connectivity index is 1.81. The van der Waals surface area contributed by atoms with Gasteiger partial charge in [-0.2, -0.15) is 0 Å². The first-order chi connectivity index (χ1) is 9.18. The Labute approximate surface area is 117 Å². The van der Waals surface area contributed by atoms with Crippen molar-refractivity contribution in [3.63, 3.8) is 0 Å². The molecule has 4 aliphatic rings. The molecule has 5 rings (SSSR count). The normalized spacial score (nSPS) is 39.5. The highest BCUT2D eigenvalue weighted by Crippen LogP contribution is 2.61. The van der Waals surface area contributed by atoms with Gasteiger partial charge in [0.2, 0.25) is 0 Å². The molecule has 4 bridgehead atoms. The van der Waals surface area contributed by atoms with Gasteiger partial charge in [0.15, 0.2) is 0 Å². The molecule has 4 aliphatic carbocycles. The van der Waals surface area contributed by atoms with E-state index >= 15 is 0 Å². The second-order valence-electron chi connectivity index (χ2n) is 7.40. The third-order valence-corrected chi connectivity index (χ3v) is 5.96. The zero-order chi connectivity index (χ0) is 13.0. The second kappa shape index (κ2) is 4.04. The maximum Gasteiger partial charge on any atom is 0.139 e. The molecule has 2 heteroatoms. The van der Waals surface area contributed by atoms with Gasteiger partial charge in [0.1, 0.15) is 13.6 Å². The fourth-order valence-electron chi connectivity index (χ4n) is 5.68. The van der Waals surface area contributed by atoms with Gasteiger partial charge in [-0.25, -0.2) is 0 Å². The number of benzene rings is 1. The molecule has 0 atom stereocenters. The van der Waals surface area contributed by atoms with E-state index in [4.69, 9.17) is 4.74 Å². The van der Waals surface area contributed by atoms with Crippen LogP contribution in [0.25, 0.3) is 0 Å². The van der Waals surface area contributed by atoms with Crippen molar-refractivity contribution in [1.29, 1.82) is 0 Å². The SMILES string of the molecule is Bc1ccc(OC)c(C23CC4CC(CC(C4)C2)C3)c1. The summed E-state index contributed by atoms with van der Waals surface area (Å²) in [6, 6.07) is 6.78. The molecule has 4 fully saturated rings. The zero-order valence-corrected chi connectivity index (χ0v) is 12.1. The summed E-state index contributed by atoms with van der Waals surface area (Å²) < 4.78 is 5.69. The lowest BCUT2D eigenvalue weighted by Crippen LogP contribution is -2.48. The van der Waals surface area contributed by atoms with Gasteiger partial charge in [-0.1, -0.05) is 17.6 Å². The minimum atomic E-state index is 0.451. The first-order valence-corrected chi connectivity index (χ1v) is 7.84. The lowest BCUT2D eigenvalue weighted by Gasteiger charge is -2.57. The van der Waals surface area contributed by atoms with Gasteiger partial charge in [-0.3, -0.25) is 0 Å². The highest BCUT2D eigenvalue weighted by atomic mass is 16.5. The van der Waals surface area contributed by atoms with E-state index in [1.54, 1.807) is 0 Å². The predicted octanol–water partition coefficient (Wildman–Crippen LogP) is 2.42. The number of hydrogen-bond acceptors (Lipinski definition) is 1. The molecule has 1 aromatic rings. The largest absolute Gasteiger partial charge is 0.496 e. The molecule has 0 amide bonds. The fraction of sp³-hybridized carbons (Fsp3) is 0.647. The van der Waals surface area contributed by atoms with Gasteiger partial charge in [0.05, 0.1) is 7.11 Å². The molecular formula is C17H23BO. The average molecular weight is 254 g/mol. The van der Waals surface area contributed by atoms with Crippen LogP contribution in [0.1, 0.15) is 44.1 Å². The van der Waals surface area contributed by atoms with E-state index in [2.05, 4.69) is 26.0 Å². The predicted molar refractivity (Wildman–Crippen MR) is 81.0 cm³/mol. The quantitative estimate of drug-likeness (QED) is 0.736. The van der Waals surface area contributed by atoms with Gasteiger partial charge in [-0.05, 0) is 73.3 Å². The van der Waals surface area contributed by atoms with Gasteiger partial charge >= 0.3 is 0 Å².